The highest BCUT2D eigenvalue weighted by molar-refractivity contribution is 6.06. The van der Waals surface area contributed by atoms with Gasteiger partial charge in [0, 0.05) is 49.9 Å². The molecule has 192 valence electrons. The van der Waals surface area contributed by atoms with E-state index in [4.69, 9.17) is 14.2 Å². The monoisotopic (exact) mass is 490 g/mol. The average Bonchev–Trinajstić information content (AvgIpc) is 3.13. The van der Waals surface area contributed by atoms with Gasteiger partial charge >= 0.3 is 0 Å². The summed E-state index contributed by atoms with van der Waals surface area (Å²) in [5.41, 5.74) is 5.27. The van der Waals surface area contributed by atoms with Crippen LogP contribution in [0.25, 0.3) is 6.08 Å². The molecular weight excluding hydrogens is 452 g/mol. The number of anilines is 1. The van der Waals surface area contributed by atoms with Gasteiger partial charge in [0.15, 0.2) is 0 Å². The molecule has 36 heavy (non-hydrogen) atoms. The highest BCUT2D eigenvalue weighted by atomic mass is 16.5. The summed E-state index contributed by atoms with van der Waals surface area (Å²) in [4.78, 5) is 15.6. The molecule has 0 atom stereocenters. The van der Waals surface area contributed by atoms with Gasteiger partial charge in [0.1, 0.15) is 11.9 Å². The number of amides is 1. The molecule has 3 aliphatic rings. The first-order valence-corrected chi connectivity index (χ1v) is 13.4. The number of nitrogens with zero attached hydrogens (tertiary/aromatic N) is 1. The molecule has 6 heteroatoms. The SMILES string of the molecule is CN(Cc1ccc(NC(=O)C2=Cc3cc(OC4CCOCC4)ccc3CCC2)cc1)C1CCOCC1. The normalized spacial score (nSPS) is 19.3. The first kappa shape index (κ1) is 25.0. The Morgan fingerprint density at radius 2 is 1.69 bits per heavy atom. The molecule has 0 unspecified atom stereocenters. The first-order valence-electron chi connectivity index (χ1n) is 13.4. The van der Waals surface area contributed by atoms with Crippen molar-refractivity contribution >= 4 is 17.7 Å². The van der Waals surface area contributed by atoms with Crippen molar-refractivity contribution in [2.45, 2.75) is 63.6 Å². The van der Waals surface area contributed by atoms with E-state index in [1.165, 1.54) is 11.1 Å². The zero-order chi connectivity index (χ0) is 24.7. The van der Waals surface area contributed by atoms with Gasteiger partial charge in [-0.25, -0.2) is 0 Å². The fourth-order valence-corrected chi connectivity index (χ4v) is 5.35. The molecule has 1 amide bonds. The standard InChI is InChI=1S/C30H38N2O4/c1-32(27-11-15-34-16-12-27)21-22-5-8-26(9-6-22)31-30(33)24-4-2-3-23-7-10-29(20-25(23)19-24)36-28-13-17-35-18-14-28/h5-10,19-20,27-28H,2-4,11-18,21H2,1H3,(H,31,33). The highest BCUT2D eigenvalue weighted by Crippen LogP contribution is 2.29. The number of nitrogens with one attached hydrogen (secondary N) is 1. The maximum atomic E-state index is 13.2. The number of carbonyl (C=O) groups excluding carboxylic acids is 1. The van der Waals surface area contributed by atoms with E-state index in [2.05, 4.69) is 47.6 Å². The van der Waals surface area contributed by atoms with Crippen LogP contribution in [0.5, 0.6) is 5.75 Å². The van der Waals surface area contributed by atoms with E-state index in [0.29, 0.717) is 6.04 Å². The van der Waals surface area contributed by atoms with E-state index in [1.807, 2.05) is 18.2 Å². The fourth-order valence-electron chi connectivity index (χ4n) is 5.35. The second kappa shape index (κ2) is 12.0. The maximum Gasteiger partial charge on any atom is 0.251 e. The minimum Gasteiger partial charge on any atom is -0.490 e. The Balaban J connectivity index is 1.21. The number of rotatable bonds is 7. The minimum absolute atomic E-state index is 0.0225. The van der Waals surface area contributed by atoms with Crippen LogP contribution in [0.1, 0.15) is 55.2 Å². The van der Waals surface area contributed by atoms with E-state index in [0.717, 1.165) is 100 Å². The van der Waals surface area contributed by atoms with Gasteiger partial charge < -0.3 is 19.5 Å². The molecule has 2 saturated heterocycles. The molecule has 2 heterocycles. The molecule has 0 bridgehead atoms. The van der Waals surface area contributed by atoms with Crippen LogP contribution in [-0.4, -0.2) is 56.4 Å². The number of carbonyl (C=O) groups is 1. The van der Waals surface area contributed by atoms with Crippen LogP contribution in [0.3, 0.4) is 0 Å². The molecule has 6 nitrogen and oxygen atoms in total. The van der Waals surface area contributed by atoms with Crippen LogP contribution < -0.4 is 10.1 Å². The first-order chi connectivity index (χ1) is 17.6. The molecule has 0 aromatic heterocycles. The molecule has 0 spiro atoms. The Morgan fingerprint density at radius 3 is 2.44 bits per heavy atom. The van der Waals surface area contributed by atoms with E-state index < -0.39 is 0 Å². The molecular formula is C30H38N2O4. The Morgan fingerprint density at radius 1 is 0.972 bits per heavy atom. The maximum absolute atomic E-state index is 13.2. The van der Waals surface area contributed by atoms with Crippen LogP contribution >= 0.6 is 0 Å². The second-order valence-corrected chi connectivity index (χ2v) is 10.2. The molecule has 2 aromatic rings. The third kappa shape index (κ3) is 6.55. The fraction of sp³-hybridized carbons (Fsp3) is 0.500. The van der Waals surface area contributed by atoms with Gasteiger partial charge in [0.05, 0.1) is 13.2 Å². The lowest BCUT2D eigenvalue weighted by Crippen LogP contribution is -2.36. The summed E-state index contributed by atoms with van der Waals surface area (Å²) in [5, 5.41) is 3.11. The number of aryl methyl sites for hydroxylation is 1. The number of hydrogen-bond acceptors (Lipinski definition) is 5. The Kier molecular flexibility index (Phi) is 8.36. The lowest BCUT2D eigenvalue weighted by molar-refractivity contribution is -0.112. The smallest absolute Gasteiger partial charge is 0.251 e. The molecule has 1 N–H and O–H groups in total. The van der Waals surface area contributed by atoms with Crippen molar-refractivity contribution in [1.29, 1.82) is 0 Å². The Hall–Kier alpha value is -2.67. The van der Waals surface area contributed by atoms with Crippen LogP contribution in [0.4, 0.5) is 5.69 Å². The van der Waals surface area contributed by atoms with Crippen molar-refractivity contribution in [3.05, 3.63) is 64.7 Å². The van der Waals surface area contributed by atoms with Gasteiger partial charge in [-0.15, -0.1) is 0 Å². The van der Waals surface area contributed by atoms with Crippen molar-refractivity contribution in [2.75, 3.05) is 38.8 Å². The van der Waals surface area contributed by atoms with E-state index in [1.54, 1.807) is 0 Å². The summed E-state index contributed by atoms with van der Waals surface area (Å²) in [6.45, 7) is 4.12. The van der Waals surface area contributed by atoms with E-state index in [9.17, 15) is 4.79 Å². The molecule has 2 aromatic carbocycles. The van der Waals surface area contributed by atoms with Crippen molar-refractivity contribution in [3.63, 3.8) is 0 Å². The van der Waals surface area contributed by atoms with Crippen LogP contribution in [0.2, 0.25) is 0 Å². The number of fused-ring (bicyclic) bond motifs is 1. The predicted octanol–water partition coefficient (Wildman–Crippen LogP) is 5.21. The number of hydrogen-bond donors (Lipinski definition) is 1. The molecule has 2 aliphatic heterocycles. The van der Waals surface area contributed by atoms with Gasteiger partial charge in [-0.1, -0.05) is 18.2 Å². The zero-order valence-corrected chi connectivity index (χ0v) is 21.3. The lowest BCUT2D eigenvalue weighted by Gasteiger charge is -2.31. The minimum atomic E-state index is -0.0225. The summed E-state index contributed by atoms with van der Waals surface area (Å²) >= 11 is 0. The van der Waals surface area contributed by atoms with Crippen LogP contribution in [0.15, 0.2) is 48.0 Å². The second-order valence-electron chi connectivity index (χ2n) is 10.2. The van der Waals surface area contributed by atoms with Crippen molar-refractivity contribution in [3.8, 4) is 5.75 Å². The number of benzene rings is 2. The van der Waals surface area contributed by atoms with Crippen molar-refractivity contribution < 1.29 is 19.0 Å². The molecule has 0 radical (unpaired) electrons. The van der Waals surface area contributed by atoms with Gasteiger partial charge in [0.25, 0.3) is 5.91 Å². The van der Waals surface area contributed by atoms with Crippen LogP contribution in [-0.2, 0) is 27.2 Å². The number of ether oxygens (including phenoxy) is 3. The van der Waals surface area contributed by atoms with Gasteiger partial charge in [-0.05, 0) is 86.2 Å². The summed E-state index contributed by atoms with van der Waals surface area (Å²) < 4.78 is 17.1. The van der Waals surface area contributed by atoms with E-state index in [-0.39, 0.29) is 12.0 Å². The third-order valence-corrected chi connectivity index (χ3v) is 7.56. The van der Waals surface area contributed by atoms with Gasteiger partial charge in [-0.3, -0.25) is 9.69 Å². The molecule has 2 fully saturated rings. The Labute approximate surface area is 214 Å². The largest absolute Gasteiger partial charge is 0.490 e. The van der Waals surface area contributed by atoms with Gasteiger partial charge in [-0.2, -0.15) is 0 Å². The lowest BCUT2D eigenvalue weighted by atomic mass is 10.0. The average molecular weight is 491 g/mol. The molecule has 0 saturated carbocycles. The highest BCUT2D eigenvalue weighted by Gasteiger charge is 2.20. The van der Waals surface area contributed by atoms with Crippen molar-refractivity contribution in [2.24, 2.45) is 0 Å². The molecule has 5 rings (SSSR count). The topological polar surface area (TPSA) is 60.0 Å². The summed E-state index contributed by atoms with van der Waals surface area (Å²) in [6, 6.07) is 15.1. The van der Waals surface area contributed by atoms with Gasteiger partial charge in [0.2, 0.25) is 0 Å². The van der Waals surface area contributed by atoms with Crippen LogP contribution in [0, 0.1) is 0 Å². The Bertz CT molecular complexity index is 1050. The summed E-state index contributed by atoms with van der Waals surface area (Å²) in [7, 11) is 2.18. The van der Waals surface area contributed by atoms with E-state index >= 15 is 0 Å². The summed E-state index contributed by atoms with van der Waals surface area (Å²) in [5.74, 6) is 0.852. The third-order valence-electron chi connectivity index (χ3n) is 7.56. The van der Waals surface area contributed by atoms with Crippen molar-refractivity contribution in [1.82, 2.24) is 4.90 Å². The summed E-state index contributed by atoms with van der Waals surface area (Å²) in [6.07, 6.45) is 8.97. The molecule has 1 aliphatic carbocycles. The quantitative estimate of drug-likeness (QED) is 0.577. The zero-order valence-electron chi connectivity index (χ0n) is 21.3. The predicted molar refractivity (Wildman–Crippen MR) is 142 cm³/mol.